The van der Waals surface area contributed by atoms with E-state index < -0.39 is 0 Å². The van der Waals surface area contributed by atoms with Crippen molar-refractivity contribution < 1.29 is 9.59 Å². The second-order valence-corrected chi connectivity index (χ2v) is 12.1. The molecule has 4 aromatic rings. The molecule has 2 aromatic carbocycles. The molecule has 0 aliphatic heterocycles. The molecule has 4 rings (SSSR count). The van der Waals surface area contributed by atoms with Crippen LogP contribution in [0.3, 0.4) is 0 Å². The predicted octanol–water partition coefficient (Wildman–Crippen LogP) is 6.67. The highest BCUT2D eigenvalue weighted by molar-refractivity contribution is 5.77. The fourth-order valence-corrected chi connectivity index (χ4v) is 4.68. The highest BCUT2D eigenvalue weighted by Crippen LogP contribution is 2.28. The molecule has 0 radical (unpaired) electrons. The molecule has 2 aromatic heterocycles. The first-order valence-electron chi connectivity index (χ1n) is 14.9. The van der Waals surface area contributed by atoms with Crippen LogP contribution in [0.4, 0.5) is 0 Å². The van der Waals surface area contributed by atoms with E-state index in [1.165, 1.54) is 0 Å². The van der Waals surface area contributed by atoms with Crippen molar-refractivity contribution in [2.45, 2.75) is 66.2 Å². The largest absolute Gasteiger partial charge is 0.356 e. The van der Waals surface area contributed by atoms with Crippen LogP contribution in [0, 0.1) is 11.8 Å². The third-order valence-corrected chi connectivity index (χ3v) is 7.25. The molecule has 0 saturated heterocycles. The summed E-state index contributed by atoms with van der Waals surface area (Å²) in [5.74, 6) is 2.60. The maximum atomic E-state index is 12.2. The highest BCUT2D eigenvalue weighted by atomic mass is 16.2. The molecule has 0 aliphatic rings. The van der Waals surface area contributed by atoms with Crippen LogP contribution < -0.4 is 10.6 Å². The normalized spacial score (nSPS) is 12.9. The van der Waals surface area contributed by atoms with Gasteiger partial charge in [-0.3, -0.25) is 9.59 Å². The monoisotopic (exact) mass is 568 g/mol. The third-order valence-electron chi connectivity index (χ3n) is 7.25. The van der Waals surface area contributed by atoms with Crippen LogP contribution in [-0.2, 0) is 9.59 Å². The summed E-state index contributed by atoms with van der Waals surface area (Å²) in [6.45, 7) is 13.7. The minimum Gasteiger partial charge on any atom is -0.356 e. The maximum absolute atomic E-state index is 12.2. The number of imidazole rings is 2. The van der Waals surface area contributed by atoms with Crippen molar-refractivity contribution in [3.8, 4) is 33.6 Å². The van der Waals surface area contributed by atoms with Crippen molar-refractivity contribution in [1.29, 1.82) is 0 Å². The number of nitrogens with one attached hydrogen (secondary N) is 4. The van der Waals surface area contributed by atoms with E-state index in [4.69, 9.17) is 0 Å². The van der Waals surface area contributed by atoms with E-state index in [1.807, 2.05) is 26.2 Å². The third kappa shape index (κ3) is 8.41. The number of aromatic nitrogens is 4. The number of rotatable bonds is 13. The lowest BCUT2D eigenvalue weighted by Gasteiger charge is -2.11. The highest BCUT2D eigenvalue weighted by Gasteiger charge is 2.17. The average Bonchev–Trinajstić information content (AvgIpc) is 3.66. The molecular weight excluding hydrogens is 524 g/mol. The minimum atomic E-state index is 0.00655. The Kier molecular flexibility index (Phi) is 10.3. The number of nitrogens with zero attached hydrogens (tertiary/aromatic N) is 2. The molecule has 2 unspecified atom stereocenters. The molecule has 0 aliphatic carbocycles. The van der Waals surface area contributed by atoms with Crippen molar-refractivity contribution in [3.05, 3.63) is 72.6 Å². The van der Waals surface area contributed by atoms with Gasteiger partial charge in [-0.1, -0.05) is 90.1 Å². The fraction of sp³-hybridized carbons (Fsp3) is 0.412. The predicted molar refractivity (Wildman–Crippen MR) is 169 cm³/mol. The number of carbonyl (C=O) groups excluding carboxylic acids is 2. The van der Waals surface area contributed by atoms with Crippen LogP contribution in [-0.4, -0.2) is 44.8 Å². The lowest BCUT2D eigenvalue weighted by Crippen LogP contribution is -2.28. The maximum Gasteiger partial charge on any atom is 0.220 e. The van der Waals surface area contributed by atoms with Gasteiger partial charge in [0.2, 0.25) is 11.8 Å². The van der Waals surface area contributed by atoms with Crippen molar-refractivity contribution in [2.24, 2.45) is 11.8 Å². The first-order chi connectivity index (χ1) is 20.1. The van der Waals surface area contributed by atoms with Gasteiger partial charge in [0.05, 0.1) is 23.8 Å². The number of hydrogen-bond donors (Lipinski definition) is 4. The quantitative estimate of drug-likeness (QED) is 0.144. The Morgan fingerprint density at radius 2 is 0.929 bits per heavy atom. The summed E-state index contributed by atoms with van der Waals surface area (Å²) in [4.78, 5) is 40.3. The van der Waals surface area contributed by atoms with Gasteiger partial charge in [0, 0.05) is 37.8 Å². The zero-order valence-electron chi connectivity index (χ0n) is 25.6. The van der Waals surface area contributed by atoms with Crippen molar-refractivity contribution in [3.63, 3.8) is 0 Å². The summed E-state index contributed by atoms with van der Waals surface area (Å²) in [7, 11) is 0. The zero-order chi connectivity index (χ0) is 30.2. The van der Waals surface area contributed by atoms with Gasteiger partial charge in [0.25, 0.3) is 0 Å². The summed E-state index contributed by atoms with van der Waals surface area (Å²) in [5.41, 5.74) is 6.19. The standard InChI is InChI=1S/C34H44N6O2/c1-21(2)17-35-31(41)15-23(5)33-37-19-29(39-33)27-11-7-25(8-12-27)26-9-13-28(14-10-26)30-20-38-34(40-30)24(6)16-32(42)36-18-22(3)4/h7-14,19-24H,15-18H2,1-6H3,(H,35,41)(H,36,42)(H,37,39)(H,38,40). The SMILES string of the molecule is CC(C)CNC(=O)CC(C)c1ncc(-c2ccc(-c3ccc(-c4cnc(C(C)CC(=O)NCC(C)C)[nH]4)cc3)cc2)[nH]1. The summed E-state index contributed by atoms with van der Waals surface area (Å²) < 4.78 is 0. The van der Waals surface area contributed by atoms with Crippen molar-refractivity contribution in [2.75, 3.05) is 13.1 Å². The summed E-state index contributed by atoms with van der Waals surface area (Å²) in [6.07, 6.45) is 4.48. The van der Waals surface area contributed by atoms with Crippen LogP contribution in [0.1, 0.15) is 77.9 Å². The second kappa shape index (κ2) is 14.1. The number of hydrogen-bond acceptors (Lipinski definition) is 4. The van der Waals surface area contributed by atoms with E-state index in [2.05, 4.69) is 107 Å². The van der Waals surface area contributed by atoms with Crippen LogP contribution in [0.25, 0.3) is 33.6 Å². The van der Waals surface area contributed by atoms with E-state index >= 15 is 0 Å². The molecular formula is C34H44N6O2. The first kappa shape index (κ1) is 30.8. The molecule has 2 atom stereocenters. The van der Waals surface area contributed by atoms with Gasteiger partial charge < -0.3 is 20.6 Å². The van der Waals surface area contributed by atoms with E-state index in [0.29, 0.717) is 37.8 Å². The molecule has 8 heteroatoms. The topological polar surface area (TPSA) is 116 Å². The fourth-order valence-electron chi connectivity index (χ4n) is 4.68. The van der Waals surface area contributed by atoms with Crippen LogP contribution in [0.2, 0.25) is 0 Å². The van der Waals surface area contributed by atoms with Crippen molar-refractivity contribution in [1.82, 2.24) is 30.6 Å². The molecule has 42 heavy (non-hydrogen) atoms. The molecule has 0 saturated carbocycles. The Balaban J connectivity index is 1.35. The van der Waals surface area contributed by atoms with Gasteiger partial charge in [-0.05, 0) is 34.1 Å². The number of benzene rings is 2. The van der Waals surface area contributed by atoms with Gasteiger partial charge in [0.15, 0.2) is 0 Å². The van der Waals surface area contributed by atoms with E-state index in [1.54, 1.807) is 0 Å². The molecule has 2 amide bonds. The Morgan fingerprint density at radius 3 is 1.26 bits per heavy atom. The van der Waals surface area contributed by atoms with Gasteiger partial charge >= 0.3 is 0 Å². The smallest absolute Gasteiger partial charge is 0.220 e. The van der Waals surface area contributed by atoms with Gasteiger partial charge in [-0.15, -0.1) is 0 Å². The van der Waals surface area contributed by atoms with Gasteiger partial charge in [-0.2, -0.15) is 0 Å². The van der Waals surface area contributed by atoms with E-state index in [0.717, 1.165) is 45.3 Å². The molecule has 0 bridgehead atoms. The van der Waals surface area contributed by atoms with Crippen LogP contribution in [0.5, 0.6) is 0 Å². The molecule has 8 nitrogen and oxygen atoms in total. The van der Waals surface area contributed by atoms with Crippen LogP contribution in [0.15, 0.2) is 60.9 Å². The Morgan fingerprint density at radius 1 is 0.595 bits per heavy atom. The number of amides is 2. The second-order valence-electron chi connectivity index (χ2n) is 12.1. The molecule has 0 fully saturated rings. The Bertz CT molecular complexity index is 1340. The first-order valence-corrected chi connectivity index (χ1v) is 14.9. The molecule has 222 valence electrons. The Hall–Kier alpha value is -4.20. The van der Waals surface area contributed by atoms with Gasteiger partial charge in [-0.25, -0.2) is 9.97 Å². The number of aromatic amines is 2. The lowest BCUT2D eigenvalue weighted by atomic mass is 10.0. The average molecular weight is 569 g/mol. The Labute approximate surface area is 249 Å². The summed E-state index contributed by atoms with van der Waals surface area (Å²) in [6, 6.07) is 16.8. The van der Waals surface area contributed by atoms with E-state index in [9.17, 15) is 9.59 Å². The summed E-state index contributed by atoms with van der Waals surface area (Å²) >= 11 is 0. The van der Waals surface area contributed by atoms with Crippen molar-refractivity contribution >= 4 is 11.8 Å². The van der Waals surface area contributed by atoms with E-state index in [-0.39, 0.29) is 23.7 Å². The lowest BCUT2D eigenvalue weighted by molar-refractivity contribution is -0.122. The van der Waals surface area contributed by atoms with Gasteiger partial charge in [0.1, 0.15) is 11.6 Å². The molecule has 4 N–H and O–H groups in total. The number of H-pyrrole nitrogens is 2. The van der Waals surface area contributed by atoms with Crippen LogP contribution >= 0.6 is 0 Å². The zero-order valence-corrected chi connectivity index (χ0v) is 25.6. The minimum absolute atomic E-state index is 0.00655. The molecule has 0 spiro atoms. The number of carbonyl (C=O) groups is 2. The summed E-state index contributed by atoms with van der Waals surface area (Å²) in [5, 5.41) is 5.95. The molecule has 2 heterocycles.